The van der Waals surface area contributed by atoms with E-state index >= 15 is 0 Å². The molecule has 23 heavy (non-hydrogen) atoms. The molecule has 0 spiro atoms. The van der Waals surface area contributed by atoms with Crippen LogP contribution < -0.4 is 10.2 Å². The molecule has 3 rings (SSSR count). The van der Waals surface area contributed by atoms with Crippen LogP contribution in [0.2, 0.25) is 5.02 Å². The van der Waals surface area contributed by atoms with Crippen molar-refractivity contribution in [3.63, 3.8) is 0 Å². The number of hydrogen-bond acceptors (Lipinski definition) is 3. The normalized spacial score (nSPS) is 14.0. The van der Waals surface area contributed by atoms with Gasteiger partial charge in [0, 0.05) is 36.9 Å². The smallest absolute Gasteiger partial charge is 0.224 e. The summed E-state index contributed by atoms with van der Waals surface area (Å²) in [6.07, 6.45) is 7.02. The highest BCUT2D eigenvalue weighted by Crippen LogP contribution is 2.31. The number of hydrogen-bond donors (Lipinski definition) is 1. The Kier molecular flexibility index (Phi) is 5.13. The second-order valence-electron chi connectivity index (χ2n) is 5.77. The summed E-state index contributed by atoms with van der Waals surface area (Å²) in [4.78, 5) is 18.6. The molecule has 120 valence electrons. The molecular formula is C18H20ClN3O. The van der Waals surface area contributed by atoms with Gasteiger partial charge >= 0.3 is 0 Å². The molecule has 2 aromatic rings. The minimum absolute atomic E-state index is 0.00318. The van der Waals surface area contributed by atoms with E-state index in [1.807, 2.05) is 30.3 Å². The Labute approximate surface area is 141 Å². The van der Waals surface area contributed by atoms with Gasteiger partial charge < -0.3 is 10.2 Å². The number of aryl methyl sites for hydroxylation is 1. The molecule has 0 saturated carbocycles. The molecule has 1 N–H and O–H groups in total. The van der Waals surface area contributed by atoms with Crippen LogP contribution in [0.5, 0.6) is 0 Å². The van der Waals surface area contributed by atoms with E-state index in [4.69, 9.17) is 11.6 Å². The van der Waals surface area contributed by atoms with Crippen molar-refractivity contribution in [2.24, 2.45) is 0 Å². The maximum atomic E-state index is 12.3. The third-order valence-corrected chi connectivity index (χ3v) is 4.28. The summed E-state index contributed by atoms with van der Waals surface area (Å²) in [6.45, 7) is 2.06. The standard InChI is InChI=1S/C18H20ClN3O/c19-15-6-7-17(22-10-1-2-11-22)16(12-15)21-18(23)8-5-14-4-3-9-20-13-14/h3-4,6-7,9,12-13H,1-2,5,8,10-11H2,(H,21,23). The molecule has 1 aromatic carbocycles. The number of nitrogens with zero attached hydrogens (tertiary/aromatic N) is 2. The minimum Gasteiger partial charge on any atom is -0.370 e. The second-order valence-corrected chi connectivity index (χ2v) is 6.20. The monoisotopic (exact) mass is 329 g/mol. The molecule has 1 aliphatic heterocycles. The fourth-order valence-corrected chi connectivity index (χ4v) is 3.03. The van der Waals surface area contributed by atoms with Crippen molar-refractivity contribution in [1.82, 2.24) is 4.98 Å². The van der Waals surface area contributed by atoms with E-state index in [-0.39, 0.29) is 5.91 Å². The molecule has 1 saturated heterocycles. The van der Waals surface area contributed by atoms with Gasteiger partial charge in [-0.2, -0.15) is 0 Å². The van der Waals surface area contributed by atoms with E-state index in [2.05, 4.69) is 15.2 Å². The molecule has 5 heteroatoms. The van der Waals surface area contributed by atoms with Gasteiger partial charge in [-0.15, -0.1) is 0 Å². The molecule has 0 radical (unpaired) electrons. The van der Waals surface area contributed by atoms with Crippen LogP contribution in [-0.2, 0) is 11.2 Å². The molecule has 1 fully saturated rings. The molecule has 1 aliphatic rings. The number of carbonyl (C=O) groups is 1. The predicted octanol–water partition coefficient (Wildman–Crippen LogP) is 3.91. The van der Waals surface area contributed by atoms with Gasteiger partial charge in [0.05, 0.1) is 11.4 Å². The lowest BCUT2D eigenvalue weighted by Gasteiger charge is -2.22. The first-order valence-corrected chi connectivity index (χ1v) is 8.33. The van der Waals surface area contributed by atoms with Gasteiger partial charge in [-0.05, 0) is 49.1 Å². The van der Waals surface area contributed by atoms with Crippen LogP contribution in [-0.4, -0.2) is 24.0 Å². The molecular weight excluding hydrogens is 310 g/mol. The maximum Gasteiger partial charge on any atom is 0.224 e. The van der Waals surface area contributed by atoms with Crippen LogP contribution in [0.15, 0.2) is 42.7 Å². The highest BCUT2D eigenvalue weighted by Gasteiger charge is 2.17. The Morgan fingerprint density at radius 3 is 2.83 bits per heavy atom. The SMILES string of the molecule is O=C(CCc1cccnc1)Nc1cc(Cl)ccc1N1CCCC1. The Morgan fingerprint density at radius 1 is 1.26 bits per heavy atom. The number of amides is 1. The first kappa shape index (κ1) is 15.8. The number of carbonyl (C=O) groups excluding carboxylic acids is 1. The third-order valence-electron chi connectivity index (χ3n) is 4.04. The zero-order valence-corrected chi connectivity index (χ0v) is 13.7. The van der Waals surface area contributed by atoms with Crippen molar-refractivity contribution in [2.75, 3.05) is 23.3 Å². The van der Waals surface area contributed by atoms with Crippen molar-refractivity contribution >= 4 is 28.9 Å². The molecule has 2 heterocycles. The predicted molar refractivity (Wildman–Crippen MR) is 94.1 cm³/mol. The first-order chi connectivity index (χ1) is 11.2. The summed E-state index contributed by atoms with van der Waals surface area (Å²) in [5.41, 5.74) is 2.92. The Morgan fingerprint density at radius 2 is 2.09 bits per heavy atom. The molecule has 4 nitrogen and oxygen atoms in total. The highest BCUT2D eigenvalue weighted by molar-refractivity contribution is 6.31. The van der Waals surface area contributed by atoms with Crippen LogP contribution in [0.4, 0.5) is 11.4 Å². The number of rotatable bonds is 5. The van der Waals surface area contributed by atoms with E-state index in [9.17, 15) is 4.79 Å². The average molecular weight is 330 g/mol. The van der Waals surface area contributed by atoms with Crippen LogP contribution >= 0.6 is 11.6 Å². The van der Waals surface area contributed by atoms with Crippen LogP contribution in [0.25, 0.3) is 0 Å². The third kappa shape index (κ3) is 4.23. The number of anilines is 2. The fraction of sp³-hybridized carbons (Fsp3) is 0.333. The van der Waals surface area contributed by atoms with Gasteiger partial charge in [-0.1, -0.05) is 17.7 Å². The zero-order chi connectivity index (χ0) is 16.1. The minimum atomic E-state index is -0.00318. The zero-order valence-electron chi connectivity index (χ0n) is 13.0. The number of benzene rings is 1. The lowest BCUT2D eigenvalue weighted by Crippen LogP contribution is -2.21. The average Bonchev–Trinajstić information content (AvgIpc) is 3.08. The number of pyridine rings is 1. The summed E-state index contributed by atoms with van der Waals surface area (Å²) >= 11 is 6.10. The molecule has 0 bridgehead atoms. The van der Waals surface area contributed by atoms with E-state index in [0.717, 1.165) is 30.0 Å². The second kappa shape index (κ2) is 7.47. The quantitative estimate of drug-likeness (QED) is 0.904. The van der Waals surface area contributed by atoms with E-state index in [1.165, 1.54) is 12.8 Å². The van der Waals surface area contributed by atoms with Crippen LogP contribution in [0, 0.1) is 0 Å². The van der Waals surface area contributed by atoms with E-state index < -0.39 is 0 Å². The fourth-order valence-electron chi connectivity index (χ4n) is 2.86. The summed E-state index contributed by atoms with van der Waals surface area (Å²) < 4.78 is 0. The lowest BCUT2D eigenvalue weighted by molar-refractivity contribution is -0.116. The van der Waals surface area contributed by atoms with Crippen LogP contribution in [0.3, 0.4) is 0 Å². The summed E-state index contributed by atoms with van der Waals surface area (Å²) in [7, 11) is 0. The molecule has 0 unspecified atom stereocenters. The summed E-state index contributed by atoms with van der Waals surface area (Å²) in [5.74, 6) is -0.00318. The Hall–Kier alpha value is -2.07. The topological polar surface area (TPSA) is 45.2 Å². The van der Waals surface area contributed by atoms with Gasteiger partial charge in [0.2, 0.25) is 5.91 Å². The van der Waals surface area contributed by atoms with Crippen molar-refractivity contribution in [3.8, 4) is 0 Å². The molecule has 1 aromatic heterocycles. The number of halogens is 1. The van der Waals surface area contributed by atoms with Crippen molar-refractivity contribution in [2.45, 2.75) is 25.7 Å². The van der Waals surface area contributed by atoms with Gasteiger partial charge in [-0.25, -0.2) is 0 Å². The summed E-state index contributed by atoms with van der Waals surface area (Å²) in [5, 5.41) is 3.65. The lowest BCUT2D eigenvalue weighted by atomic mass is 10.1. The van der Waals surface area contributed by atoms with Crippen LogP contribution in [0.1, 0.15) is 24.8 Å². The highest BCUT2D eigenvalue weighted by atomic mass is 35.5. The van der Waals surface area contributed by atoms with Crippen molar-refractivity contribution in [3.05, 3.63) is 53.3 Å². The molecule has 0 aliphatic carbocycles. The van der Waals surface area contributed by atoms with Gasteiger partial charge in [0.1, 0.15) is 0 Å². The summed E-state index contributed by atoms with van der Waals surface area (Å²) in [6, 6.07) is 9.56. The van der Waals surface area contributed by atoms with Crippen molar-refractivity contribution < 1.29 is 4.79 Å². The number of nitrogens with one attached hydrogen (secondary N) is 1. The van der Waals surface area contributed by atoms with Gasteiger partial charge in [0.15, 0.2) is 0 Å². The van der Waals surface area contributed by atoms with Gasteiger partial charge in [0.25, 0.3) is 0 Å². The molecule has 1 amide bonds. The number of aromatic nitrogens is 1. The van der Waals surface area contributed by atoms with E-state index in [0.29, 0.717) is 17.9 Å². The largest absolute Gasteiger partial charge is 0.370 e. The van der Waals surface area contributed by atoms with E-state index in [1.54, 1.807) is 12.4 Å². The van der Waals surface area contributed by atoms with Gasteiger partial charge in [-0.3, -0.25) is 9.78 Å². The Balaban J connectivity index is 1.66. The first-order valence-electron chi connectivity index (χ1n) is 7.95. The maximum absolute atomic E-state index is 12.3. The Bertz CT molecular complexity index is 669. The molecule has 0 atom stereocenters. The van der Waals surface area contributed by atoms with Crippen molar-refractivity contribution in [1.29, 1.82) is 0 Å².